The molecule has 6 saturated carbocycles. The van der Waals surface area contributed by atoms with Crippen molar-refractivity contribution < 1.29 is 9.47 Å². The molecule has 7 fully saturated rings. The van der Waals surface area contributed by atoms with Crippen LogP contribution in [-0.2, 0) is 9.47 Å². The quantitative estimate of drug-likeness (QED) is 0.606. The first kappa shape index (κ1) is 10.6. The zero-order chi connectivity index (χ0) is 12.3. The van der Waals surface area contributed by atoms with Crippen molar-refractivity contribution in [3.63, 3.8) is 0 Å². The Morgan fingerprint density at radius 3 is 1.83 bits per heavy atom. The van der Waals surface area contributed by atoms with E-state index in [-0.39, 0.29) is 10.1 Å². The summed E-state index contributed by atoms with van der Waals surface area (Å²) >= 11 is 8.31. The molecule has 0 N–H and O–H groups in total. The van der Waals surface area contributed by atoms with Crippen molar-refractivity contribution in [1.29, 1.82) is 0 Å². The Kier molecular flexibility index (Phi) is 1.36. The Labute approximate surface area is 123 Å². The van der Waals surface area contributed by atoms with Gasteiger partial charge in [-0.05, 0) is 35.0 Å². The molecule has 7 aliphatic rings. The Hall–Kier alpha value is 0.880. The van der Waals surface area contributed by atoms with Gasteiger partial charge in [-0.3, -0.25) is 0 Å². The standard InChI is InChI=1S/C14H16Br2O2/c1-11(2)5-6-7-8-9(12(7,11)15)10(5)14(13(6,8)16)17-3-4-18-14/h5-10H,3-4H2,1-2H3. The maximum atomic E-state index is 6.23. The molecule has 4 bridgehead atoms. The fraction of sp³-hybridized carbons (Fsp3) is 1.00. The number of halogens is 2. The molecule has 98 valence electrons. The molecule has 8 unspecified atom stereocenters. The van der Waals surface area contributed by atoms with Crippen molar-refractivity contribution >= 4 is 31.9 Å². The lowest BCUT2D eigenvalue weighted by Crippen LogP contribution is -2.76. The van der Waals surface area contributed by atoms with Gasteiger partial charge in [-0.2, -0.15) is 0 Å². The maximum Gasteiger partial charge on any atom is 0.187 e. The molecular formula is C14H16Br2O2. The summed E-state index contributed by atoms with van der Waals surface area (Å²) in [5.41, 5.74) is 0.391. The smallest absolute Gasteiger partial charge is 0.187 e. The minimum absolute atomic E-state index is 0.145. The van der Waals surface area contributed by atoms with Crippen LogP contribution in [0, 0.1) is 40.9 Å². The van der Waals surface area contributed by atoms with Gasteiger partial charge < -0.3 is 9.47 Å². The lowest BCUT2D eigenvalue weighted by atomic mass is 9.40. The van der Waals surface area contributed by atoms with Crippen LogP contribution in [0.15, 0.2) is 0 Å². The average Bonchev–Trinajstić information content (AvgIpc) is 2.96. The van der Waals surface area contributed by atoms with Gasteiger partial charge in [0.05, 0.1) is 17.5 Å². The summed E-state index contributed by atoms with van der Waals surface area (Å²) in [4.78, 5) is 0. The van der Waals surface area contributed by atoms with Crippen molar-refractivity contribution in [2.75, 3.05) is 13.2 Å². The minimum atomic E-state index is -0.280. The maximum absolute atomic E-state index is 6.23. The molecule has 0 aromatic rings. The highest BCUT2D eigenvalue weighted by molar-refractivity contribution is 9.10. The van der Waals surface area contributed by atoms with Crippen molar-refractivity contribution in [3.05, 3.63) is 0 Å². The predicted octanol–water partition coefficient (Wildman–Crippen LogP) is 2.79. The molecule has 0 radical (unpaired) electrons. The third-order valence-electron chi connectivity index (χ3n) is 7.77. The van der Waals surface area contributed by atoms with Crippen LogP contribution in [0.5, 0.6) is 0 Å². The van der Waals surface area contributed by atoms with Crippen LogP contribution in [0.2, 0.25) is 0 Å². The van der Waals surface area contributed by atoms with E-state index in [1.165, 1.54) is 0 Å². The van der Waals surface area contributed by atoms with E-state index in [9.17, 15) is 0 Å². The average molecular weight is 376 g/mol. The van der Waals surface area contributed by atoms with E-state index in [2.05, 4.69) is 45.7 Å². The summed E-state index contributed by atoms with van der Waals surface area (Å²) < 4.78 is 13.0. The first-order valence-corrected chi connectivity index (χ1v) is 8.68. The van der Waals surface area contributed by atoms with Crippen molar-refractivity contribution in [1.82, 2.24) is 0 Å². The Morgan fingerprint density at radius 1 is 0.778 bits per heavy atom. The monoisotopic (exact) mass is 374 g/mol. The van der Waals surface area contributed by atoms with Crippen molar-refractivity contribution in [2.24, 2.45) is 40.9 Å². The lowest BCUT2D eigenvalue weighted by Gasteiger charge is -2.71. The highest BCUT2D eigenvalue weighted by Crippen LogP contribution is 3.00. The predicted molar refractivity (Wildman–Crippen MR) is 72.7 cm³/mol. The molecule has 2 nitrogen and oxygen atoms in total. The van der Waals surface area contributed by atoms with Gasteiger partial charge in [-0.1, -0.05) is 45.7 Å². The third-order valence-corrected chi connectivity index (χ3v) is 11.5. The van der Waals surface area contributed by atoms with Crippen LogP contribution in [-0.4, -0.2) is 27.6 Å². The van der Waals surface area contributed by atoms with Crippen LogP contribution in [0.1, 0.15) is 13.8 Å². The molecule has 18 heavy (non-hydrogen) atoms. The Morgan fingerprint density at radius 2 is 1.28 bits per heavy atom. The summed E-state index contributed by atoms with van der Waals surface area (Å²) in [6.07, 6.45) is 0. The summed E-state index contributed by atoms with van der Waals surface area (Å²) in [6, 6.07) is 0. The van der Waals surface area contributed by atoms with Gasteiger partial charge in [0.2, 0.25) is 0 Å². The second kappa shape index (κ2) is 2.32. The SMILES string of the molecule is CC1(C)C2C3C4C5C(C2C5(Br)C32OCCO2)C41Br. The summed E-state index contributed by atoms with van der Waals surface area (Å²) in [6.45, 7) is 6.50. The lowest BCUT2D eigenvalue weighted by molar-refractivity contribution is -0.201. The minimum Gasteiger partial charge on any atom is -0.346 e. The molecule has 1 saturated heterocycles. The van der Waals surface area contributed by atoms with E-state index in [1.54, 1.807) is 0 Å². The van der Waals surface area contributed by atoms with Gasteiger partial charge in [0.25, 0.3) is 0 Å². The number of hydrogen-bond acceptors (Lipinski definition) is 2. The van der Waals surface area contributed by atoms with Crippen LogP contribution in [0.25, 0.3) is 0 Å². The number of alkyl halides is 2. The second-order valence-electron chi connectivity index (χ2n) is 7.78. The fourth-order valence-electron chi connectivity index (χ4n) is 7.69. The summed E-state index contributed by atoms with van der Waals surface area (Å²) in [5, 5.41) is 0. The Bertz CT molecular complexity index is 514. The molecular weight excluding hydrogens is 360 g/mol. The molecule has 8 atom stereocenters. The van der Waals surface area contributed by atoms with Gasteiger partial charge in [-0.15, -0.1) is 0 Å². The molecule has 4 heteroatoms. The molecule has 6 aliphatic carbocycles. The van der Waals surface area contributed by atoms with Crippen LogP contribution in [0.4, 0.5) is 0 Å². The summed E-state index contributed by atoms with van der Waals surface area (Å²) in [7, 11) is 0. The Balaban J connectivity index is 1.67. The molecule has 0 aromatic heterocycles. The zero-order valence-electron chi connectivity index (χ0n) is 10.5. The van der Waals surface area contributed by atoms with Crippen molar-refractivity contribution in [3.8, 4) is 0 Å². The van der Waals surface area contributed by atoms with Crippen LogP contribution in [0.3, 0.4) is 0 Å². The molecule has 1 heterocycles. The molecule has 7 rings (SSSR count). The van der Waals surface area contributed by atoms with E-state index in [1.807, 2.05) is 0 Å². The van der Waals surface area contributed by atoms with Gasteiger partial charge in [0.15, 0.2) is 5.79 Å². The number of hydrogen-bond donors (Lipinski definition) is 0. The van der Waals surface area contributed by atoms with E-state index in [0.717, 1.165) is 42.8 Å². The van der Waals surface area contributed by atoms with Crippen molar-refractivity contribution in [2.45, 2.75) is 28.3 Å². The van der Waals surface area contributed by atoms with E-state index < -0.39 is 0 Å². The largest absolute Gasteiger partial charge is 0.346 e. The van der Waals surface area contributed by atoms with Crippen LogP contribution >= 0.6 is 31.9 Å². The highest BCUT2D eigenvalue weighted by atomic mass is 79.9. The third kappa shape index (κ3) is 0.551. The molecule has 0 aromatic carbocycles. The molecule has 1 spiro atoms. The number of rotatable bonds is 0. The van der Waals surface area contributed by atoms with Crippen LogP contribution < -0.4 is 0 Å². The normalized spacial score (nSPS) is 74.0. The van der Waals surface area contributed by atoms with Gasteiger partial charge in [0, 0.05) is 10.2 Å². The van der Waals surface area contributed by atoms with E-state index in [0.29, 0.717) is 15.7 Å². The van der Waals surface area contributed by atoms with E-state index >= 15 is 0 Å². The number of ether oxygens (including phenoxy) is 2. The van der Waals surface area contributed by atoms with Gasteiger partial charge >= 0.3 is 0 Å². The van der Waals surface area contributed by atoms with E-state index in [4.69, 9.17) is 9.47 Å². The zero-order valence-corrected chi connectivity index (χ0v) is 13.6. The highest BCUT2D eigenvalue weighted by Gasteiger charge is 3.05. The molecule has 1 aliphatic heterocycles. The van der Waals surface area contributed by atoms with Gasteiger partial charge in [0.1, 0.15) is 0 Å². The second-order valence-corrected chi connectivity index (χ2v) is 10.4. The first-order valence-electron chi connectivity index (χ1n) is 7.10. The summed E-state index contributed by atoms with van der Waals surface area (Å²) in [5.74, 6) is 4.31. The fourth-order valence-corrected chi connectivity index (χ4v) is 10.7. The molecule has 0 amide bonds. The topological polar surface area (TPSA) is 18.5 Å². The van der Waals surface area contributed by atoms with Gasteiger partial charge in [-0.25, -0.2) is 0 Å². The first-order chi connectivity index (χ1) is 8.44.